The maximum absolute atomic E-state index is 12.1. The second-order valence-electron chi connectivity index (χ2n) is 5.65. The molecule has 0 atom stereocenters. The highest BCUT2D eigenvalue weighted by atomic mass is 79.9. The molecule has 0 unspecified atom stereocenters. The van der Waals surface area contributed by atoms with E-state index < -0.39 is 0 Å². The molecule has 0 saturated heterocycles. The van der Waals surface area contributed by atoms with E-state index in [1.165, 1.54) is 0 Å². The Kier molecular flexibility index (Phi) is 4.76. The zero-order valence-corrected chi connectivity index (χ0v) is 14.1. The van der Waals surface area contributed by atoms with Gasteiger partial charge in [0.2, 0.25) is 5.91 Å². The van der Waals surface area contributed by atoms with E-state index in [-0.39, 0.29) is 17.7 Å². The van der Waals surface area contributed by atoms with Crippen LogP contribution in [0.1, 0.15) is 28.8 Å². The minimum Gasteiger partial charge on any atom is -0.348 e. The Balaban J connectivity index is 1.53. The fraction of sp³-hybridized carbons (Fsp3) is 0.222. The van der Waals surface area contributed by atoms with Crippen LogP contribution in [-0.2, 0) is 11.3 Å². The molecule has 3 rings (SSSR count). The van der Waals surface area contributed by atoms with Crippen LogP contribution < -0.4 is 10.6 Å². The van der Waals surface area contributed by atoms with Gasteiger partial charge >= 0.3 is 0 Å². The van der Waals surface area contributed by atoms with Crippen molar-refractivity contribution in [2.75, 3.05) is 5.32 Å². The Morgan fingerprint density at radius 3 is 2.48 bits per heavy atom. The quantitative estimate of drug-likeness (QED) is 0.839. The zero-order valence-electron chi connectivity index (χ0n) is 12.5. The third-order valence-electron chi connectivity index (χ3n) is 3.71. The number of hydrogen-bond acceptors (Lipinski definition) is 2. The van der Waals surface area contributed by atoms with Gasteiger partial charge < -0.3 is 10.6 Å². The first-order valence-electron chi connectivity index (χ1n) is 7.55. The normalized spacial score (nSPS) is 13.4. The van der Waals surface area contributed by atoms with E-state index in [0.717, 1.165) is 28.6 Å². The van der Waals surface area contributed by atoms with Crippen molar-refractivity contribution < 1.29 is 9.59 Å². The Morgan fingerprint density at radius 2 is 1.83 bits per heavy atom. The molecule has 0 aliphatic heterocycles. The number of hydrogen-bond donors (Lipinski definition) is 2. The zero-order chi connectivity index (χ0) is 16.2. The van der Waals surface area contributed by atoms with Crippen LogP contribution in [0.15, 0.2) is 53.0 Å². The van der Waals surface area contributed by atoms with E-state index in [9.17, 15) is 9.59 Å². The Morgan fingerprint density at radius 1 is 1.09 bits per heavy atom. The maximum atomic E-state index is 12.1. The largest absolute Gasteiger partial charge is 0.348 e. The molecule has 1 aliphatic carbocycles. The lowest BCUT2D eigenvalue weighted by atomic mass is 10.2. The highest BCUT2D eigenvalue weighted by molar-refractivity contribution is 9.10. The van der Waals surface area contributed by atoms with Gasteiger partial charge in [-0.3, -0.25) is 9.59 Å². The lowest BCUT2D eigenvalue weighted by Crippen LogP contribution is -2.22. The molecule has 1 saturated carbocycles. The van der Waals surface area contributed by atoms with Crippen LogP contribution in [0.2, 0.25) is 0 Å². The van der Waals surface area contributed by atoms with Gasteiger partial charge in [-0.05, 0) is 48.7 Å². The van der Waals surface area contributed by atoms with Gasteiger partial charge in [0.25, 0.3) is 5.91 Å². The molecular formula is C18H17BrN2O2. The lowest BCUT2D eigenvalue weighted by Gasteiger charge is -2.08. The van der Waals surface area contributed by atoms with Gasteiger partial charge in [0.1, 0.15) is 0 Å². The molecule has 23 heavy (non-hydrogen) atoms. The summed E-state index contributed by atoms with van der Waals surface area (Å²) in [5.41, 5.74) is 2.40. The standard InChI is InChI=1S/C18H17BrN2O2/c19-15-3-1-2-14(10-15)17(22)20-11-12-4-8-16(9-5-12)21-18(23)13-6-7-13/h1-5,8-10,13H,6-7,11H2,(H,20,22)(H,21,23). The number of benzene rings is 2. The summed E-state index contributed by atoms with van der Waals surface area (Å²) < 4.78 is 0.876. The molecule has 0 aromatic heterocycles. The van der Waals surface area contributed by atoms with Crippen LogP contribution >= 0.6 is 15.9 Å². The van der Waals surface area contributed by atoms with Gasteiger partial charge in [-0.15, -0.1) is 0 Å². The number of carbonyl (C=O) groups excluding carboxylic acids is 2. The summed E-state index contributed by atoms with van der Waals surface area (Å²) in [5, 5.41) is 5.78. The molecule has 1 fully saturated rings. The average Bonchev–Trinajstić information content (AvgIpc) is 3.39. The summed E-state index contributed by atoms with van der Waals surface area (Å²) in [6.07, 6.45) is 1.98. The van der Waals surface area contributed by atoms with Crippen molar-refractivity contribution in [2.24, 2.45) is 5.92 Å². The fourth-order valence-electron chi connectivity index (χ4n) is 2.21. The number of amides is 2. The topological polar surface area (TPSA) is 58.2 Å². The first-order valence-corrected chi connectivity index (χ1v) is 8.35. The van der Waals surface area contributed by atoms with Crippen molar-refractivity contribution in [3.05, 3.63) is 64.1 Å². The SMILES string of the molecule is O=C(NCc1ccc(NC(=O)C2CC2)cc1)c1cccc(Br)c1. The van der Waals surface area contributed by atoms with E-state index in [4.69, 9.17) is 0 Å². The van der Waals surface area contributed by atoms with Crippen molar-refractivity contribution in [1.29, 1.82) is 0 Å². The van der Waals surface area contributed by atoms with E-state index in [1.807, 2.05) is 36.4 Å². The maximum Gasteiger partial charge on any atom is 0.251 e. The van der Waals surface area contributed by atoms with Gasteiger partial charge in [-0.25, -0.2) is 0 Å². The Hall–Kier alpha value is -2.14. The number of halogens is 1. The molecule has 5 heteroatoms. The summed E-state index contributed by atoms with van der Waals surface area (Å²) in [6.45, 7) is 0.447. The van der Waals surface area contributed by atoms with Crippen LogP contribution in [0.3, 0.4) is 0 Å². The summed E-state index contributed by atoms with van der Waals surface area (Å²) in [4.78, 5) is 23.8. The van der Waals surface area contributed by atoms with Crippen LogP contribution in [-0.4, -0.2) is 11.8 Å². The molecule has 0 radical (unpaired) electrons. The number of nitrogens with one attached hydrogen (secondary N) is 2. The molecule has 0 spiro atoms. The van der Waals surface area contributed by atoms with Gasteiger partial charge in [0, 0.05) is 28.2 Å². The third kappa shape index (κ3) is 4.42. The predicted octanol–water partition coefficient (Wildman–Crippen LogP) is 3.73. The average molecular weight is 373 g/mol. The summed E-state index contributed by atoms with van der Waals surface area (Å²) in [6, 6.07) is 14.8. The van der Waals surface area contributed by atoms with Gasteiger partial charge in [-0.2, -0.15) is 0 Å². The van der Waals surface area contributed by atoms with Gasteiger partial charge in [0.05, 0.1) is 0 Å². The van der Waals surface area contributed by atoms with Crippen molar-refractivity contribution in [3.8, 4) is 0 Å². The minimum absolute atomic E-state index is 0.0979. The van der Waals surface area contributed by atoms with Crippen molar-refractivity contribution in [2.45, 2.75) is 19.4 Å². The number of anilines is 1. The smallest absolute Gasteiger partial charge is 0.251 e. The number of carbonyl (C=O) groups is 2. The summed E-state index contributed by atoms with van der Waals surface area (Å²) in [7, 11) is 0. The monoisotopic (exact) mass is 372 g/mol. The molecule has 2 aromatic carbocycles. The van der Waals surface area contributed by atoms with E-state index >= 15 is 0 Å². The van der Waals surface area contributed by atoms with Crippen LogP contribution in [0.25, 0.3) is 0 Å². The molecular weight excluding hydrogens is 356 g/mol. The summed E-state index contributed by atoms with van der Waals surface area (Å²) in [5.74, 6) is 0.178. The van der Waals surface area contributed by atoms with Crippen LogP contribution in [0.5, 0.6) is 0 Å². The van der Waals surface area contributed by atoms with Gasteiger partial charge in [0.15, 0.2) is 0 Å². The van der Waals surface area contributed by atoms with Crippen LogP contribution in [0.4, 0.5) is 5.69 Å². The molecule has 0 bridgehead atoms. The van der Waals surface area contributed by atoms with Crippen LogP contribution in [0, 0.1) is 5.92 Å². The molecule has 2 aromatic rings. The van der Waals surface area contributed by atoms with Crippen molar-refractivity contribution in [1.82, 2.24) is 5.32 Å². The third-order valence-corrected chi connectivity index (χ3v) is 4.20. The fourth-order valence-corrected chi connectivity index (χ4v) is 2.61. The number of rotatable bonds is 5. The highest BCUT2D eigenvalue weighted by Crippen LogP contribution is 2.30. The summed E-state index contributed by atoms with van der Waals surface area (Å²) >= 11 is 3.35. The highest BCUT2D eigenvalue weighted by Gasteiger charge is 2.29. The molecule has 118 valence electrons. The van der Waals surface area contributed by atoms with E-state index in [2.05, 4.69) is 26.6 Å². The molecule has 1 aliphatic rings. The first kappa shape index (κ1) is 15.7. The van der Waals surface area contributed by atoms with Crippen molar-refractivity contribution in [3.63, 3.8) is 0 Å². The Bertz CT molecular complexity index is 724. The second-order valence-corrected chi connectivity index (χ2v) is 6.57. The molecule has 2 amide bonds. The molecule has 2 N–H and O–H groups in total. The minimum atomic E-state index is -0.114. The van der Waals surface area contributed by atoms with E-state index in [1.54, 1.807) is 12.1 Å². The van der Waals surface area contributed by atoms with Gasteiger partial charge in [-0.1, -0.05) is 34.1 Å². The molecule has 0 heterocycles. The van der Waals surface area contributed by atoms with Crippen molar-refractivity contribution >= 4 is 33.4 Å². The van der Waals surface area contributed by atoms with E-state index in [0.29, 0.717) is 12.1 Å². The predicted molar refractivity (Wildman–Crippen MR) is 93.1 cm³/mol. The lowest BCUT2D eigenvalue weighted by molar-refractivity contribution is -0.117. The Labute approximate surface area is 143 Å². The second kappa shape index (κ2) is 6.96. The molecule has 4 nitrogen and oxygen atoms in total. The first-order chi connectivity index (χ1) is 11.1.